The largest absolute Gasteiger partial charge is 0.349 e. The lowest BCUT2D eigenvalue weighted by Gasteiger charge is -2.28. The summed E-state index contributed by atoms with van der Waals surface area (Å²) in [4.78, 5) is 19.1. The molecule has 3 rings (SSSR count). The number of nitrogens with one attached hydrogen (secondary N) is 1. The van der Waals surface area contributed by atoms with E-state index in [0.717, 1.165) is 18.1 Å². The van der Waals surface area contributed by atoms with E-state index >= 15 is 0 Å². The fraction of sp³-hybridized carbons (Fsp3) is 0.444. The molecular formula is C18H24N4OS. The van der Waals surface area contributed by atoms with E-state index in [-0.39, 0.29) is 11.9 Å². The van der Waals surface area contributed by atoms with Gasteiger partial charge in [0.25, 0.3) is 5.91 Å². The zero-order valence-electron chi connectivity index (χ0n) is 14.0. The molecule has 3 N–H and O–H groups in total. The van der Waals surface area contributed by atoms with Gasteiger partial charge in [-0.05, 0) is 38.4 Å². The van der Waals surface area contributed by atoms with Gasteiger partial charge in [-0.3, -0.25) is 9.69 Å². The maximum absolute atomic E-state index is 12.4. The molecule has 0 saturated carbocycles. The highest BCUT2D eigenvalue weighted by Gasteiger charge is 2.24. The number of aryl methyl sites for hydroxylation is 1. The molecule has 1 saturated heterocycles. The van der Waals surface area contributed by atoms with Gasteiger partial charge in [0.05, 0.1) is 6.04 Å². The van der Waals surface area contributed by atoms with Gasteiger partial charge in [0.15, 0.2) is 0 Å². The molecule has 0 radical (unpaired) electrons. The minimum Gasteiger partial charge on any atom is -0.349 e. The van der Waals surface area contributed by atoms with Crippen LogP contribution in [0, 0.1) is 6.92 Å². The number of nitrogens with two attached hydrogens (primary N) is 1. The van der Waals surface area contributed by atoms with Crippen molar-refractivity contribution in [3.63, 3.8) is 0 Å². The third kappa shape index (κ3) is 4.01. The molecule has 128 valence electrons. The third-order valence-electron chi connectivity index (χ3n) is 4.46. The Morgan fingerprint density at radius 2 is 2.04 bits per heavy atom. The van der Waals surface area contributed by atoms with Crippen molar-refractivity contribution in [3.8, 4) is 0 Å². The van der Waals surface area contributed by atoms with Crippen LogP contribution in [-0.2, 0) is 6.54 Å². The molecule has 1 atom stereocenters. The van der Waals surface area contributed by atoms with E-state index in [1.54, 1.807) is 5.38 Å². The van der Waals surface area contributed by atoms with Gasteiger partial charge in [-0.2, -0.15) is 0 Å². The van der Waals surface area contributed by atoms with Crippen LogP contribution in [0.3, 0.4) is 0 Å². The van der Waals surface area contributed by atoms with Gasteiger partial charge in [-0.25, -0.2) is 4.98 Å². The van der Waals surface area contributed by atoms with Crippen molar-refractivity contribution in [1.29, 1.82) is 0 Å². The zero-order valence-corrected chi connectivity index (χ0v) is 14.8. The number of likely N-dealkylation sites (tertiary alicyclic amines) is 1. The molecule has 24 heavy (non-hydrogen) atoms. The van der Waals surface area contributed by atoms with Gasteiger partial charge >= 0.3 is 0 Å². The van der Waals surface area contributed by atoms with Crippen LogP contribution in [-0.4, -0.2) is 35.4 Å². The Balaban J connectivity index is 1.69. The predicted octanol–water partition coefficient (Wildman–Crippen LogP) is 2.48. The summed E-state index contributed by atoms with van der Waals surface area (Å²) < 4.78 is 0. The topological polar surface area (TPSA) is 71.2 Å². The van der Waals surface area contributed by atoms with E-state index in [9.17, 15) is 4.79 Å². The lowest BCUT2D eigenvalue weighted by Crippen LogP contribution is -2.37. The first-order valence-electron chi connectivity index (χ1n) is 8.40. The van der Waals surface area contributed by atoms with Crippen LogP contribution in [0.4, 0.5) is 0 Å². The van der Waals surface area contributed by atoms with Crippen LogP contribution in [0.1, 0.15) is 45.5 Å². The Morgan fingerprint density at radius 3 is 2.67 bits per heavy atom. The first-order valence-corrected chi connectivity index (χ1v) is 9.28. The number of carbonyl (C=O) groups is 1. The molecule has 1 aliphatic heterocycles. The molecule has 1 fully saturated rings. The fourth-order valence-corrected chi connectivity index (χ4v) is 3.74. The Kier molecular flexibility index (Phi) is 5.60. The Bertz CT molecular complexity index is 677. The summed E-state index contributed by atoms with van der Waals surface area (Å²) in [6.07, 6.45) is 2.45. The van der Waals surface area contributed by atoms with Crippen LogP contribution < -0.4 is 11.1 Å². The second kappa shape index (κ2) is 7.88. The number of hydrogen-bond donors (Lipinski definition) is 2. The van der Waals surface area contributed by atoms with Gasteiger partial charge in [0, 0.05) is 18.5 Å². The van der Waals surface area contributed by atoms with Crippen molar-refractivity contribution in [1.82, 2.24) is 15.2 Å². The van der Waals surface area contributed by atoms with E-state index in [1.807, 2.05) is 0 Å². The maximum Gasteiger partial charge on any atom is 0.270 e. The summed E-state index contributed by atoms with van der Waals surface area (Å²) in [6, 6.07) is 8.81. The summed E-state index contributed by atoms with van der Waals surface area (Å²) >= 11 is 1.43. The molecular weight excluding hydrogens is 320 g/mol. The predicted molar refractivity (Wildman–Crippen MR) is 97.1 cm³/mol. The van der Waals surface area contributed by atoms with Gasteiger partial charge in [-0.15, -0.1) is 11.3 Å². The highest BCUT2D eigenvalue weighted by atomic mass is 32.1. The number of carbonyl (C=O) groups excluding carboxylic acids is 1. The van der Waals surface area contributed by atoms with E-state index in [4.69, 9.17) is 5.73 Å². The highest BCUT2D eigenvalue weighted by Crippen LogP contribution is 2.25. The average molecular weight is 344 g/mol. The number of benzene rings is 1. The van der Waals surface area contributed by atoms with Crippen LogP contribution in [0.15, 0.2) is 29.6 Å². The number of thiazole rings is 1. The molecule has 0 spiro atoms. The van der Waals surface area contributed by atoms with Crippen LogP contribution in [0.5, 0.6) is 0 Å². The SMILES string of the molecule is Cc1ccc(C(CNC(=O)c2csc(CN)n2)N2CCCC2)cc1. The van der Waals surface area contributed by atoms with Crippen molar-refractivity contribution < 1.29 is 4.79 Å². The summed E-state index contributed by atoms with van der Waals surface area (Å²) in [5, 5.41) is 5.61. The van der Waals surface area contributed by atoms with Crippen molar-refractivity contribution >= 4 is 17.2 Å². The molecule has 1 unspecified atom stereocenters. The van der Waals surface area contributed by atoms with E-state index in [2.05, 4.69) is 46.4 Å². The molecule has 1 amide bonds. The van der Waals surface area contributed by atoms with Gasteiger partial charge in [0.2, 0.25) is 0 Å². The average Bonchev–Trinajstić information content (AvgIpc) is 3.28. The lowest BCUT2D eigenvalue weighted by molar-refractivity contribution is 0.0933. The number of hydrogen-bond acceptors (Lipinski definition) is 5. The summed E-state index contributed by atoms with van der Waals surface area (Å²) in [6.45, 7) is 5.23. The fourth-order valence-electron chi connectivity index (χ4n) is 3.09. The molecule has 2 heterocycles. The van der Waals surface area contributed by atoms with E-state index in [1.165, 1.54) is 35.3 Å². The molecule has 0 aliphatic carbocycles. The van der Waals surface area contributed by atoms with Crippen LogP contribution in [0.2, 0.25) is 0 Å². The van der Waals surface area contributed by atoms with Crippen molar-refractivity contribution in [2.75, 3.05) is 19.6 Å². The number of nitrogens with zero attached hydrogens (tertiary/aromatic N) is 2. The van der Waals surface area contributed by atoms with Gasteiger partial charge < -0.3 is 11.1 Å². The summed E-state index contributed by atoms with van der Waals surface area (Å²) in [7, 11) is 0. The zero-order chi connectivity index (χ0) is 16.9. The molecule has 1 aromatic carbocycles. The molecule has 5 nitrogen and oxygen atoms in total. The highest BCUT2D eigenvalue weighted by molar-refractivity contribution is 7.09. The first kappa shape index (κ1) is 17.1. The Labute approximate surface area is 146 Å². The summed E-state index contributed by atoms with van der Waals surface area (Å²) in [5.74, 6) is -0.123. The molecule has 0 bridgehead atoms. The van der Waals surface area contributed by atoms with E-state index < -0.39 is 0 Å². The molecule has 6 heteroatoms. The van der Waals surface area contributed by atoms with Crippen molar-refractivity contribution in [3.05, 3.63) is 51.5 Å². The molecule has 1 aliphatic rings. The van der Waals surface area contributed by atoms with Crippen molar-refractivity contribution in [2.24, 2.45) is 5.73 Å². The number of amides is 1. The minimum atomic E-state index is -0.123. The smallest absolute Gasteiger partial charge is 0.270 e. The normalized spacial score (nSPS) is 16.2. The number of aromatic nitrogens is 1. The lowest BCUT2D eigenvalue weighted by atomic mass is 10.0. The van der Waals surface area contributed by atoms with Crippen LogP contribution >= 0.6 is 11.3 Å². The first-order chi connectivity index (χ1) is 11.7. The Hall–Kier alpha value is -1.76. The third-order valence-corrected chi connectivity index (χ3v) is 5.33. The second-order valence-corrected chi connectivity index (χ2v) is 7.15. The monoisotopic (exact) mass is 344 g/mol. The maximum atomic E-state index is 12.4. The van der Waals surface area contributed by atoms with Gasteiger partial charge in [-0.1, -0.05) is 29.8 Å². The second-order valence-electron chi connectivity index (χ2n) is 6.21. The van der Waals surface area contributed by atoms with Gasteiger partial charge in [0.1, 0.15) is 10.7 Å². The molecule has 2 aromatic rings. The van der Waals surface area contributed by atoms with Crippen molar-refractivity contribution in [2.45, 2.75) is 32.4 Å². The Morgan fingerprint density at radius 1 is 1.33 bits per heavy atom. The van der Waals surface area contributed by atoms with E-state index in [0.29, 0.717) is 18.8 Å². The quantitative estimate of drug-likeness (QED) is 0.844. The standard InChI is InChI=1S/C18H24N4OS/c1-13-4-6-14(7-5-13)16(22-8-2-3-9-22)11-20-18(23)15-12-24-17(10-19)21-15/h4-7,12,16H,2-3,8-11,19H2,1H3,(H,20,23). The van der Waals surface area contributed by atoms with Crippen LogP contribution in [0.25, 0.3) is 0 Å². The summed E-state index contributed by atoms with van der Waals surface area (Å²) in [5.41, 5.74) is 8.53. The molecule has 1 aromatic heterocycles. The number of rotatable bonds is 6. The minimum absolute atomic E-state index is 0.123.